The number of benzene rings is 1. The van der Waals surface area contributed by atoms with Gasteiger partial charge in [-0.25, -0.2) is 8.42 Å². The van der Waals surface area contributed by atoms with E-state index in [4.69, 9.17) is 4.74 Å². The van der Waals surface area contributed by atoms with E-state index in [1.807, 2.05) is 6.92 Å². The molecule has 1 aliphatic rings. The molecule has 1 atom stereocenters. The molecule has 1 heterocycles. The first-order valence-electron chi connectivity index (χ1n) is 9.35. The maximum absolute atomic E-state index is 12.7. The first-order chi connectivity index (χ1) is 12.4. The summed E-state index contributed by atoms with van der Waals surface area (Å²) in [5.41, 5.74) is 0.742. The standard InChI is InChI=1S/C19H30N2O4S/c1-4-7-15(2)20-19(22)11-8-16-14-17(9-10-18(16)25-3)26(23,24)21-12-5-6-13-21/h9-10,14-15H,4-8,11-13H2,1-3H3,(H,20,22)/t15-/m0/s1. The lowest BCUT2D eigenvalue weighted by molar-refractivity contribution is -0.121. The largest absolute Gasteiger partial charge is 0.496 e. The molecule has 1 aromatic rings. The van der Waals surface area contributed by atoms with Crippen LogP contribution in [0, 0.1) is 0 Å². The normalized spacial score (nSPS) is 16.4. The summed E-state index contributed by atoms with van der Waals surface area (Å²) < 4.78 is 32.4. The summed E-state index contributed by atoms with van der Waals surface area (Å²) >= 11 is 0. The summed E-state index contributed by atoms with van der Waals surface area (Å²) in [6.45, 7) is 5.22. The number of carbonyl (C=O) groups is 1. The third kappa shape index (κ3) is 5.20. The number of hydrogen-bond donors (Lipinski definition) is 1. The smallest absolute Gasteiger partial charge is 0.243 e. The van der Waals surface area contributed by atoms with E-state index in [9.17, 15) is 13.2 Å². The number of methoxy groups -OCH3 is 1. The number of amides is 1. The summed E-state index contributed by atoms with van der Waals surface area (Å²) in [6.07, 6.45) is 4.51. The Morgan fingerprint density at radius 3 is 2.62 bits per heavy atom. The quantitative estimate of drug-likeness (QED) is 0.712. The molecule has 0 radical (unpaired) electrons. The van der Waals surface area contributed by atoms with Gasteiger partial charge in [-0.2, -0.15) is 4.31 Å². The molecular weight excluding hydrogens is 352 g/mol. The lowest BCUT2D eigenvalue weighted by atomic mass is 10.1. The van der Waals surface area contributed by atoms with Crippen molar-refractivity contribution in [3.63, 3.8) is 0 Å². The second kappa shape index (κ2) is 9.37. The van der Waals surface area contributed by atoms with Crippen molar-refractivity contribution in [2.24, 2.45) is 0 Å². The zero-order valence-corrected chi connectivity index (χ0v) is 16.8. The van der Waals surface area contributed by atoms with Crippen molar-refractivity contribution in [1.29, 1.82) is 0 Å². The SMILES string of the molecule is CCC[C@H](C)NC(=O)CCc1cc(S(=O)(=O)N2CCCC2)ccc1OC. The fourth-order valence-corrected chi connectivity index (χ4v) is 4.86. The van der Waals surface area contributed by atoms with Gasteiger partial charge < -0.3 is 10.1 Å². The molecule has 1 amide bonds. The second-order valence-corrected chi connectivity index (χ2v) is 8.78. The third-order valence-corrected chi connectivity index (χ3v) is 6.60. The van der Waals surface area contributed by atoms with Crippen molar-refractivity contribution in [3.8, 4) is 5.75 Å². The zero-order chi connectivity index (χ0) is 19.2. The molecule has 6 nitrogen and oxygen atoms in total. The summed E-state index contributed by atoms with van der Waals surface area (Å²) in [5.74, 6) is 0.584. The molecule has 1 aliphatic heterocycles. The topological polar surface area (TPSA) is 75.7 Å². The Labute approximate surface area is 157 Å². The van der Waals surface area contributed by atoms with Gasteiger partial charge in [0.05, 0.1) is 12.0 Å². The van der Waals surface area contributed by atoms with Crippen LogP contribution in [0.2, 0.25) is 0 Å². The Balaban J connectivity index is 2.11. The van der Waals surface area contributed by atoms with E-state index in [1.165, 1.54) is 4.31 Å². The van der Waals surface area contributed by atoms with E-state index in [0.717, 1.165) is 31.2 Å². The van der Waals surface area contributed by atoms with E-state index in [0.29, 0.717) is 31.7 Å². The Morgan fingerprint density at radius 1 is 1.31 bits per heavy atom. The fraction of sp³-hybridized carbons (Fsp3) is 0.632. The summed E-state index contributed by atoms with van der Waals surface area (Å²) in [6, 6.07) is 5.06. The number of ether oxygens (including phenoxy) is 1. The number of hydrogen-bond acceptors (Lipinski definition) is 4. The van der Waals surface area contributed by atoms with Crippen molar-refractivity contribution in [3.05, 3.63) is 23.8 Å². The molecule has 1 N–H and O–H groups in total. The van der Waals surface area contributed by atoms with Crippen LogP contribution in [0.15, 0.2) is 23.1 Å². The lowest BCUT2D eigenvalue weighted by Gasteiger charge is -2.17. The van der Waals surface area contributed by atoms with Crippen LogP contribution in [0.25, 0.3) is 0 Å². The molecule has 0 bridgehead atoms. The van der Waals surface area contributed by atoms with Crippen LogP contribution in [0.4, 0.5) is 0 Å². The summed E-state index contributed by atoms with van der Waals surface area (Å²) in [4.78, 5) is 12.4. The van der Waals surface area contributed by atoms with Gasteiger partial charge in [-0.1, -0.05) is 13.3 Å². The molecule has 0 saturated carbocycles. The van der Waals surface area contributed by atoms with Crippen LogP contribution in [0.5, 0.6) is 5.75 Å². The Hall–Kier alpha value is -1.60. The fourth-order valence-electron chi connectivity index (χ4n) is 3.29. The molecular formula is C19H30N2O4S. The van der Waals surface area contributed by atoms with Crippen LogP contribution in [0.3, 0.4) is 0 Å². The molecule has 146 valence electrons. The number of nitrogens with one attached hydrogen (secondary N) is 1. The Kier molecular flexibility index (Phi) is 7.46. The van der Waals surface area contributed by atoms with Gasteiger partial charge in [0.15, 0.2) is 0 Å². The number of aryl methyl sites for hydroxylation is 1. The van der Waals surface area contributed by atoms with E-state index in [1.54, 1.807) is 25.3 Å². The number of carbonyl (C=O) groups excluding carboxylic acids is 1. The summed E-state index contributed by atoms with van der Waals surface area (Å²) in [7, 11) is -1.92. The van der Waals surface area contributed by atoms with Crippen molar-refractivity contribution in [2.45, 2.75) is 63.3 Å². The molecule has 0 aliphatic carbocycles. The third-order valence-electron chi connectivity index (χ3n) is 4.71. The van der Waals surface area contributed by atoms with Crippen LogP contribution in [0.1, 0.15) is 51.5 Å². The highest BCUT2D eigenvalue weighted by Crippen LogP contribution is 2.27. The molecule has 26 heavy (non-hydrogen) atoms. The highest BCUT2D eigenvalue weighted by atomic mass is 32.2. The minimum absolute atomic E-state index is 0.0270. The average molecular weight is 383 g/mol. The zero-order valence-electron chi connectivity index (χ0n) is 16.0. The minimum atomic E-state index is -3.47. The highest BCUT2D eigenvalue weighted by molar-refractivity contribution is 7.89. The van der Waals surface area contributed by atoms with Gasteiger partial charge in [0, 0.05) is 25.6 Å². The predicted octanol–water partition coefficient (Wildman–Crippen LogP) is 2.72. The molecule has 0 unspecified atom stereocenters. The molecule has 1 fully saturated rings. The number of sulfonamides is 1. The van der Waals surface area contributed by atoms with Crippen LogP contribution in [-0.4, -0.2) is 44.9 Å². The number of nitrogens with zero attached hydrogens (tertiary/aromatic N) is 1. The first-order valence-corrected chi connectivity index (χ1v) is 10.8. The van der Waals surface area contributed by atoms with Gasteiger partial charge in [0.2, 0.25) is 15.9 Å². The van der Waals surface area contributed by atoms with Gasteiger partial charge in [0.25, 0.3) is 0 Å². The summed E-state index contributed by atoms with van der Waals surface area (Å²) in [5, 5.41) is 2.97. The molecule has 2 rings (SSSR count). The Morgan fingerprint density at radius 2 is 2.00 bits per heavy atom. The van der Waals surface area contributed by atoms with Crippen molar-refractivity contribution >= 4 is 15.9 Å². The van der Waals surface area contributed by atoms with Crippen molar-refractivity contribution in [2.75, 3.05) is 20.2 Å². The Bertz CT molecular complexity index is 712. The number of rotatable bonds is 9. The monoisotopic (exact) mass is 382 g/mol. The molecule has 0 spiro atoms. The first kappa shape index (κ1) is 20.7. The van der Waals surface area contributed by atoms with Crippen molar-refractivity contribution < 1.29 is 17.9 Å². The van der Waals surface area contributed by atoms with E-state index >= 15 is 0 Å². The second-order valence-electron chi connectivity index (χ2n) is 6.84. The van der Waals surface area contributed by atoms with Gasteiger partial charge >= 0.3 is 0 Å². The van der Waals surface area contributed by atoms with Crippen molar-refractivity contribution in [1.82, 2.24) is 9.62 Å². The van der Waals surface area contributed by atoms with E-state index < -0.39 is 10.0 Å². The molecule has 7 heteroatoms. The average Bonchev–Trinajstić information content (AvgIpc) is 3.15. The maximum Gasteiger partial charge on any atom is 0.243 e. The van der Waals surface area contributed by atoms with Crippen LogP contribution < -0.4 is 10.1 Å². The van der Waals surface area contributed by atoms with Gasteiger partial charge in [0.1, 0.15) is 5.75 Å². The van der Waals surface area contributed by atoms with Crippen LogP contribution in [-0.2, 0) is 21.2 Å². The van der Waals surface area contributed by atoms with Gasteiger partial charge in [-0.05, 0) is 56.4 Å². The minimum Gasteiger partial charge on any atom is -0.496 e. The maximum atomic E-state index is 12.7. The lowest BCUT2D eigenvalue weighted by Crippen LogP contribution is -2.32. The van der Waals surface area contributed by atoms with Gasteiger partial charge in [-0.15, -0.1) is 0 Å². The predicted molar refractivity (Wildman–Crippen MR) is 102 cm³/mol. The highest BCUT2D eigenvalue weighted by Gasteiger charge is 2.27. The molecule has 0 aromatic heterocycles. The molecule has 1 aromatic carbocycles. The van der Waals surface area contributed by atoms with E-state index in [-0.39, 0.29) is 16.8 Å². The van der Waals surface area contributed by atoms with Crippen LogP contribution >= 0.6 is 0 Å². The van der Waals surface area contributed by atoms with Gasteiger partial charge in [-0.3, -0.25) is 4.79 Å². The van der Waals surface area contributed by atoms with E-state index in [2.05, 4.69) is 12.2 Å². The molecule has 1 saturated heterocycles.